The summed E-state index contributed by atoms with van der Waals surface area (Å²) in [4.78, 5) is 31.5. The minimum Gasteiger partial charge on any atom is -0.354 e. The van der Waals surface area contributed by atoms with Crippen LogP contribution in [-0.2, 0) is 10.0 Å². The van der Waals surface area contributed by atoms with Gasteiger partial charge in [0.15, 0.2) is 0 Å². The van der Waals surface area contributed by atoms with Crippen molar-refractivity contribution in [2.75, 3.05) is 36.4 Å². The Labute approximate surface area is 213 Å². The van der Waals surface area contributed by atoms with Crippen molar-refractivity contribution in [3.8, 4) is 0 Å². The van der Waals surface area contributed by atoms with Crippen LogP contribution in [0, 0.1) is 41.0 Å². The quantitative estimate of drug-likeness (QED) is 0.355. The number of benzene rings is 2. The Morgan fingerprint density at radius 2 is 1.43 bits per heavy atom. The van der Waals surface area contributed by atoms with E-state index in [1.807, 2.05) is 36.1 Å². The van der Waals surface area contributed by atoms with Crippen LogP contribution in [0.4, 0.5) is 28.7 Å². The van der Waals surface area contributed by atoms with Crippen molar-refractivity contribution in [2.24, 2.45) is 0 Å². The number of nitrogens with one attached hydrogen (secondary N) is 1. The van der Waals surface area contributed by atoms with E-state index in [-0.39, 0.29) is 18.7 Å². The summed E-state index contributed by atoms with van der Waals surface area (Å²) in [5.41, 5.74) is 0.570. The molecule has 1 aliphatic rings. The van der Waals surface area contributed by atoms with Gasteiger partial charge in [0, 0.05) is 50.1 Å². The number of hydrogen-bond donors (Lipinski definition) is 1. The van der Waals surface area contributed by atoms with E-state index in [4.69, 9.17) is 0 Å². The number of nitrogens with zero attached hydrogens (tertiary/aromatic N) is 6. The zero-order valence-electron chi connectivity index (χ0n) is 20.4. The third-order valence-electron chi connectivity index (χ3n) is 6.07. The van der Waals surface area contributed by atoms with E-state index >= 15 is 0 Å². The Kier molecular flexibility index (Phi) is 7.05. The number of rotatable bonds is 7. The lowest BCUT2D eigenvalue weighted by atomic mass is 10.1. The molecule has 13 nitrogen and oxygen atoms in total. The fourth-order valence-corrected chi connectivity index (χ4v) is 5.52. The zero-order chi connectivity index (χ0) is 26.9. The predicted molar refractivity (Wildman–Crippen MR) is 137 cm³/mol. The second kappa shape index (κ2) is 10.1. The summed E-state index contributed by atoms with van der Waals surface area (Å²) in [6, 6.07) is 11.4. The summed E-state index contributed by atoms with van der Waals surface area (Å²) in [5.74, 6) is 1.77. The summed E-state index contributed by atoms with van der Waals surface area (Å²) in [7, 11) is -4.20. The maximum Gasteiger partial charge on any atom is 0.280 e. The Morgan fingerprint density at radius 1 is 0.865 bits per heavy atom. The molecule has 0 bridgehead atoms. The number of nitro groups is 2. The first kappa shape index (κ1) is 25.9. The van der Waals surface area contributed by atoms with Gasteiger partial charge in [0.2, 0.25) is 10.0 Å². The highest BCUT2D eigenvalue weighted by Gasteiger charge is 2.33. The van der Waals surface area contributed by atoms with Gasteiger partial charge < -0.3 is 10.2 Å². The first-order valence-electron chi connectivity index (χ1n) is 11.3. The van der Waals surface area contributed by atoms with Crippen LogP contribution in [0.25, 0.3) is 0 Å². The Bertz CT molecular complexity index is 1430. The molecule has 14 heteroatoms. The topological polar surface area (TPSA) is 165 Å². The number of aryl methyl sites for hydroxylation is 2. The molecule has 0 spiro atoms. The van der Waals surface area contributed by atoms with E-state index in [9.17, 15) is 28.6 Å². The number of anilines is 3. The molecule has 37 heavy (non-hydrogen) atoms. The Hall–Kier alpha value is -4.17. The first-order valence-corrected chi connectivity index (χ1v) is 12.8. The minimum atomic E-state index is -4.20. The molecule has 0 amide bonds. The highest BCUT2D eigenvalue weighted by molar-refractivity contribution is 7.89. The van der Waals surface area contributed by atoms with Gasteiger partial charge in [-0.2, -0.15) is 4.31 Å². The summed E-state index contributed by atoms with van der Waals surface area (Å²) in [5, 5.41) is 26.0. The van der Waals surface area contributed by atoms with Gasteiger partial charge in [-0.05, 0) is 32.9 Å². The van der Waals surface area contributed by atoms with E-state index < -0.39 is 36.1 Å². The molecule has 194 valence electrons. The predicted octanol–water partition coefficient (Wildman–Crippen LogP) is 3.47. The fraction of sp³-hybridized carbons (Fsp3) is 0.304. The van der Waals surface area contributed by atoms with Crippen molar-refractivity contribution >= 4 is 38.7 Å². The second-order valence-corrected chi connectivity index (χ2v) is 10.6. The molecule has 0 saturated carbocycles. The van der Waals surface area contributed by atoms with Gasteiger partial charge in [-0.3, -0.25) is 20.2 Å². The Morgan fingerprint density at radius 3 is 1.97 bits per heavy atom. The highest BCUT2D eigenvalue weighted by Crippen LogP contribution is 2.33. The molecule has 1 aromatic heterocycles. The van der Waals surface area contributed by atoms with Gasteiger partial charge in [0.05, 0.1) is 14.7 Å². The number of sulfonamides is 1. The monoisotopic (exact) mass is 527 g/mol. The minimum absolute atomic E-state index is 0.0710. The van der Waals surface area contributed by atoms with Gasteiger partial charge in [0.25, 0.3) is 11.4 Å². The van der Waals surface area contributed by atoms with Crippen LogP contribution in [0.1, 0.15) is 17.0 Å². The largest absolute Gasteiger partial charge is 0.354 e. The van der Waals surface area contributed by atoms with Gasteiger partial charge in [-0.1, -0.05) is 17.7 Å². The molecule has 2 aromatic carbocycles. The molecule has 4 rings (SSSR count). The molecule has 1 saturated heterocycles. The molecule has 1 fully saturated rings. The molecule has 1 N–H and O–H groups in total. The lowest BCUT2D eigenvalue weighted by molar-refractivity contribution is -0.395. The third-order valence-corrected chi connectivity index (χ3v) is 7.94. The number of hydrogen-bond acceptors (Lipinski definition) is 10. The summed E-state index contributed by atoms with van der Waals surface area (Å²) >= 11 is 0. The lowest BCUT2D eigenvalue weighted by Crippen LogP contribution is -2.49. The standard InChI is InChI=1S/C23H25N7O6S/c1-15-4-6-18(7-5-15)26-22-14-23(25-17(3)24-22)27-8-10-28(11-9-27)37(35,36)19-12-20(29(31)32)16(2)21(13-19)30(33)34/h4-7,12-14H,8-11H2,1-3H3,(H,24,25,26). The van der Waals surface area contributed by atoms with Crippen molar-refractivity contribution in [1.82, 2.24) is 14.3 Å². The summed E-state index contributed by atoms with van der Waals surface area (Å²) in [6.07, 6.45) is 0. The average Bonchev–Trinajstić information content (AvgIpc) is 2.85. The first-order chi connectivity index (χ1) is 17.5. The third kappa shape index (κ3) is 5.49. The maximum absolute atomic E-state index is 13.3. The van der Waals surface area contributed by atoms with E-state index in [1.165, 1.54) is 11.2 Å². The van der Waals surface area contributed by atoms with E-state index in [2.05, 4.69) is 15.3 Å². The van der Waals surface area contributed by atoms with Gasteiger partial charge in [0.1, 0.15) is 23.0 Å². The molecule has 0 atom stereocenters. The fourth-order valence-electron chi connectivity index (χ4n) is 4.06. The second-order valence-electron chi connectivity index (χ2n) is 8.64. The van der Waals surface area contributed by atoms with Crippen LogP contribution in [0.5, 0.6) is 0 Å². The average molecular weight is 528 g/mol. The van der Waals surface area contributed by atoms with Crippen LogP contribution in [-0.4, -0.2) is 58.7 Å². The zero-order valence-corrected chi connectivity index (χ0v) is 21.2. The number of piperazine rings is 1. The Balaban J connectivity index is 1.53. The maximum atomic E-state index is 13.3. The van der Waals surface area contributed by atoms with E-state index in [0.717, 1.165) is 23.4 Å². The van der Waals surface area contributed by atoms with Crippen LogP contribution >= 0.6 is 0 Å². The van der Waals surface area contributed by atoms with Crippen molar-refractivity contribution < 1.29 is 18.3 Å². The van der Waals surface area contributed by atoms with Crippen molar-refractivity contribution in [3.63, 3.8) is 0 Å². The molecular formula is C23H25N7O6S. The molecule has 1 aliphatic heterocycles. The normalized spacial score (nSPS) is 14.4. The number of nitro benzene ring substituents is 2. The van der Waals surface area contributed by atoms with Crippen molar-refractivity contribution in [2.45, 2.75) is 25.7 Å². The lowest BCUT2D eigenvalue weighted by Gasteiger charge is -2.34. The van der Waals surface area contributed by atoms with Crippen molar-refractivity contribution in [3.05, 3.63) is 79.6 Å². The SMILES string of the molecule is Cc1ccc(Nc2cc(N3CCN(S(=O)(=O)c4cc([N+](=O)[O-])c(C)c([N+](=O)[O-])c4)CC3)nc(C)n2)cc1. The van der Waals surface area contributed by atoms with E-state index in [1.54, 1.807) is 13.0 Å². The van der Waals surface area contributed by atoms with Crippen LogP contribution in [0.15, 0.2) is 47.4 Å². The van der Waals surface area contributed by atoms with Gasteiger partial charge in [-0.15, -0.1) is 0 Å². The molecular weight excluding hydrogens is 502 g/mol. The molecule has 0 unspecified atom stereocenters. The van der Waals surface area contributed by atoms with Crippen molar-refractivity contribution in [1.29, 1.82) is 0 Å². The highest BCUT2D eigenvalue weighted by atomic mass is 32.2. The van der Waals surface area contributed by atoms with Crippen LogP contribution in [0.2, 0.25) is 0 Å². The van der Waals surface area contributed by atoms with Gasteiger partial charge in [-0.25, -0.2) is 18.4 Å². The molecule has 2 heterocycles. The summed E-state index contributed by atoms with van der Waals surface area (Å²) < 4.78 is 27.7. The van der Waals surface area contributed by atoms with Gasteiger partial charge >= 0.3 is 0 Å². The molecule has 3 aromatic rings. The number of aromatic nitrogens is 2. The van der Waals surface area contributed by atoms with E-state index in [0.29, 0.717) is 30.5 Å². The molecule has 0 radical (unpaired) electrons. The molecule has 0 aliphatic carbocycles. The van der Waals surface area contributed by atoms with Crippen LogP contribution in [0.3, 0.4) is 0 Å². The van der Waals surface area contributed by atoms with Crippen LogP contribution < -0.4 is 10.2 Å². The summed E-state index contributed by atoms with van der Waals surface area (Å²) in [6.45, 7) is 5.73. The smallest absolute Gasteiger partial charge is 0.280 e.